The van der Waals surface area contributed by atoms with Crippen molar-refractivity contribution in [2.24, 2.45) is 0 Å². The van der Waals surface area contributed by atoms with Crippen molar-refractivity contribution < 1.29 is 5.11 Å². The summed E-state index contributed by atoms with van der Waals surface area (Å²) in [5, 5.41) is 12.6. The van der Waals surface area contributed by atoms with Gasteiger partial charge in [0.2, 0.25) is 0 Å². The first-order valence-corrected chi connectivity index (χ1v) is 5.51. The zero-order valence-corrected chi connectivity index (χ0v) is 8.82. The fourth-order valence-corrected chi connectivity index (χ4v) is 1.97. The molecule has 0 fully saturated rings. The van der Waals surface area contributed by atoms with Crippen molar-refractivity contribution in [1.29, 1.82) is 0 Å². The van der Waals surface area contributed by atoms with Crippen molar-refractivity contribution in [3.8, 4) is 5.75 Å². The van der Waals surface area contributed by atoms with Crippen LogP contribution in [0.25, 0.3) is 0 Å². The first-order chi connectivity index (χ1) is 6.29. The third-order valence-corrected chi connectivity index (χ3v) is 2.80. The molecule has 0 aliphatic heterocycles. The van der Waals surface area contributed by atoms with Crippen LogP contribution in [0.1, 0.15) is 5.56 Å². The second-order valence-electron chi connectivity index (χ2n) is 2.82. The Balaban J connectivity index is 2.85. The molecule has 0 aromatic heterocycles. The first-order valence-electron chi connectivity index (χ1n) is 4.29. The number of rotatable bonds is 4. The topological polar surface area (TPSA) is 32.3 Å². The number of nitrogens with one attached hydrogen (secondary N) is 1. The van der Waals surface area contributed by atoms with Gasteiger partial charge < -0.3 is 10.4 Å². The molecule has 0 atom stereocenters. The summed E-state index contributed by atoms with van der Waals surface area (Å²) in [4.78, 5) is 0.998. The molecule has 2 N–H and O–H groups in total. The molecule has 1 aromatic carbocycles. The minimum absolute atomic E-state index is 0.390. The number of likely N-dealkylation sites (N-methyl/N-ethyl adjacent to an activating group) is 1. The molecule has 0 saturated heterocycles. The van der Waals surface area contributed by atoms with Crippen molar-refractivity contribution in [1.82, 2.24) is 5.32 Å². The Kier molecular flexibility index (Phi) is 4.12. The molecule has 0 amide bonds. The molecule has 2 nitrogen and oxygen atoms in total. The molecule has 0 spiro atoms. The van der Waals surface area contributed by atoms with Gasteiger partial charge in [-0.05, 0) is 37.9 Å². The number of hydrogen-bond acceptors (Lipinski definition) is 3. The van der Waals surface area contributed by atoms with Gasteiger partial charge in [-0.2, -0.15) is 0 Å². The molecule has 0 aliphatic carbocycles. The van der Waals surface area contributed by atoms with Crippen molar-refractivity contribution in [3.63, 3.8) is 0 Å². The molecule has 0 saturated carbocycles. The molecule has 0 heterocycles. The van der Waals surface area contributed by atoms with E-state index in [1.807, 2.05) is 19.4 Å². The Morgan fingerprint density at radius 1 is 1.46 bits per heavy atom. The summed E-state index contributed by atoms with van der Waals surface area (Å²) in [6.45, 7) is 0.941. The highest BCUT2D eigenvalue weighted by Crippen LogP contribution is 2.30. The molecule has 72 valence electrons. The zero-order valence-electron chi connectivity index (χ0n) is 8.00. The van der Waals surface area contributed by atoms with E-state index in [4.69, 9.17) is 0 Å². The average Bonchev–Trinajstić information content (AvgIpc) is 2.15. The van der Waals surface area contributed by atoms with Crippen LogP contribution in [0, 0.1) is 0 Å². The van der Waals surface area contributed by atoms with E-state index in [2.05, 4.69) is 11.4 Å². The van der Waals surface area contributed by atoms with Crippen LogP contribution in [0.3, 0.4) is 0 Å². The minimum Gasteiger partial charge on any atom is -0.507 e. The predicted molar refractivity (Wildman–Crippen MR) is 57.5 cm³/mol. The largest absolute Gasteiger partial charge is 0.507 e. The molecule has 0 bridgehead atoms. The van der Waals surface area contributed by atoms with E-state index < -0.39 is 0 Å². The Morgan fingerprint density at radius 2 is 2.23 bits per heavy atom. The van der Waals surface area contributed by atoms with E-state index in [1.54, 1.807) is 17.8 Å². The predicted octanol–water partition coefficient (Wildman–Crippen LogP) is 1.88. The number of thioether (sulfide) groups is 1. The minimum atomic E-state index is 0.390. The van der Waals surface area contributed by atoms with Crippen LogP contribution < -0.4 is 5.32 Å². The third-order valence-electron chi connectivity index (χ3n) is 1.92. The van der Waals surface area contributed by atoms with Gasteiger partial charge in [-0.1, -0.05) is 12.1 Å². The number of phenols is 1. The standard InChI is InChI=1S/C10H15NOS/c1-11-7-6-8-4-3-5-9(12)10(8)13-2/h3-5,11-12H,6-7H2,1-2H3. The van der Waals surface area contributed by atoms with Crippen LogP contribution >= 0.6 is 11.8 Å². The van der Waals surface area contributed by atoms with Crippen LogP contribution in [0.2, 0.25) is 0 Å². The highest BCUT2D eigenvalue weighted by Gasteiger charge is 2.04. The Morgan fingerprint density at radius 3 is 2.85 bits per heavy atom. The van der Waals surface area contributed by atoms with Crippen molar-refractivity contribution in [3.05, 3.63) is 23.8 Å². The van der Waals surface area contributed by atoms with Gasteiger partial charge >= 0.3 is 0 Å². The van der Waals surface area contributed by atoms with Gasteiger partial charge in [0.1, 0.15) is 5.75 Å². The van der Waals surface area contributed by atoms with Gasteiger partial charge in [0.05, 0.1) is 4.90 Å². The normalized spacial score (nSPS) is 10.3. The molecular formula is C10H15NOS. The van der Waals surface area contributed by atoms with E-state index in [0.717, 1.165) is 17.9 Å². The number of aromatic hydroxyl groups is 1. The summed E-state index contributed by atoms with van der Waals surface area (Å²) in [5.41, 5.74) is 1.21. The van der Waals surface area contributed by atoms with Crippen molar-refractivity contribution in [2.45, 2.75) is 11.3 Å². The van der Waals surface area contributed by atoms with Crippen LogP contribution in [-0.2, 0) is 6.42 Å². The van der Waals surface area contributed by atoms with Gasteiger partial charge in [0, 0.05) is 0 Å². The first kappa shape index (κ1) is 10.4. The summed E-state index contributed by atoms with van der Waals surface area (Å²) in [6, 6.07) is 5.68. The fourth-order valence-electron chi connectivity index (χ4n) is 1.26. The molecule has 1 aromatic rings. The molecule has 0 aliphatic rings. The Bertz CT molecular complexity index is 276. The zero-order chi connectivity index (χ0) is 9.68. The van der Waals surface area contributed by atoms with Crippen molar-refractivity contribution >= 4 is 11.8 Å². The van der Waals surface area contributed by atoms with Gasteiger partial charge in [-0.3, -0.25) is 0 Å². The molecule has 1 rings (SSSR count). The lowest BCUT2D eigenvalue weighted by atomic mass is 10.1. The summed E-state index contributed by atoms with van der Waals surface area (Å²) in [7, 11) is 1.93. The smallest absolute Gasteiger partial charge is 0.129 e. The maximum Gasteiger partial charge on any atom is 0.129 e. The van der Waals surface area contributed by atoms with E-state index >= 15 is 0 Å². The van der Waals surface area contributed by atoms with Crippen LogP contribution in [-0.4, -0.2) is 25.0 Å². The van der Waals surface area contributed by atoms with Crippen LogP contribution in [0.15, 0.2) is 23.1 Å². The lowest BCUT2D eigenvalue weighted by molar-refractivity contribution is 0.460. The Labute approximate surface area is 83.4 Å². The molecule has 0 unspecified atom stereocenters. The average molecular weight is 197 g/mol. The van der Waals surface area contributed by atoms with E-state index in [1.165, 1.54) is 5.56 Å². The van der Waals surface area contributed by atoms with E-state index in [9.17, 15) is 5.11 Å². The maximum absolute atomic E-state index is 9.55. The van der Waals surface area contributed by atoms with Gasteiger partial charge in [-0.25, -0.2) is 0 Å². The van der Waals surface area contributed by atoms with E-state index in [-0.39, 0.29) is 0 Å². The second-order valence-corrected chi connectivity index (χ2v) is 3.64. The summed E-state index contributed by atoms with van der Waals surface area (Å²) in [5.74, 6) is 0.390. The lowest BCUT2D eigenvalue weighted by Crippen LogP contribution is -2.10. The Hall–Kier alpha value is -0.670. The SMILES string of the molecule is CNCCc1cccc(O)c1SC. The number of hydrogen-bond donors (Lipinski definition) is 2. The highest BCUT2D eigenvalue weighted by molar-refractivity contribution is 7.98. The molecule has 0 radical (unpaired) electrons. The van der Waals surface area contributed by atoms with Crippen LogP contribution in [0.4, 0.5) is 0 Å². The van der Waals surface area contributed by atoms with Gasteiger partial charge in [0.15, 0.2) is 0 Å². The molecule has 13 heavy (non-hydrogen) atoms. The second kappa shape index (κ2) is 5.14. The van der Waals surface area contributed by atoms with Gasteiger partial charge in [0.25, 0.3) is 0 Å². The number of benzene rings is 1. The highest BCUT2D eigenvalue weighted by atomic mass is 32.2. The molecular weight excluding hydrogens is 182 g/mol. The quantitative estimate of drug-likeness (QED) is 0.723. The van der Waals surface area contributed by atoms with E-state index in [0.29, 0.717) is 5.75 Å². The number of phenolic OH excluding ortho intramolecular Hbond substituents is 1. The maximum atomic E-state index is 9.55. The fraction of sp³-hybridized carbons (Fsp3) is 0.400. The summed E-state index contributed by atoms with van der Waals surface area (Å²) < 4.78 is 0. The molecule has 3 heteroatoms. The van der Waals surface area contributed by atoms with Crippen LogP contribution in [0.5, 0.6) is 5.75 Å². The monoisotopic (exact) mass is 197 g/mol. The summed E-state index contributed by atoms with van der Waals surface area (Å²) in [6.07, 6.45) is 2.94. The summed E-state index contributed by atoms with van der Waals surface area (Å²) >= 11 is 1.59. The van der Waals surface area contributed by atoms with Crippen molar-refractivity contribution in [2.75, 3.05) is 19.8 Å². The van der Waals surface area contributed by atoms with Gasteiger partial charge in [-0.15, -0.1) is 11.8 Å². The third kappa shape index (κ3) is 2.64. The lowest BCUT2D eigenvalue weighted by Gasteiger charge is -2.08.